The summed E-state index contributed by atoms with van der Waals surface area (Å²) in [5.74, 6) is -0.238. The third-order valence-electron chi connectivity index (χ3n) is 3.79. The fourth-order valence-electron chi connectivity index (χ4n) is 2.35. The maximum atomic E-state index is 12.1. The van der Waals surface area contributed by atoms with E-state index in [9.17, 15) is 9.59 Å². The fraction of sp³-hybridized carbons (Fsp3) is 0.316. The quantitative estimate of drug-likeness (QED) is 0.843. The minimum absolute atomic E-state index is 0.0253. The summed E-state index contributed by atoms with van der Waals surface area (Å²) >= 11 is 0. The summed E-state index contributed by atoms with van der Waals surface area (Å²) in [6.07, 6.45) is 4.53. The first kappa shape index (κ1) is 17.7. The van der Waals surface area contributed by atoms with Gasteiger partial charge in [0.1, 0.15) is 0 Å². The van der Waals surface area contributed by atoms with Gasteiger partial charge in [-0.2, -0.15) is 0 Å². The van der Waals surface area contributed by atoms with Crippen LogP contribution in [-0.2, 0) is 22.4 Å². The molecule has 5 nitrogen and oxygen atoms in total. The number of amides is 2. The summed E-state index contributed by atoms with van der Waals surface area (Å²) in [6.45, 7) is 2.62. The molecule has 126 valence electrons. The van der Waals surface area contributed by atoms with E-state index in [0.29, 0.717) is 6.54 Å². The first-order valence-corrected chi connectivity index (χ1v) is 7.99. The maximum Gasteiger partial charge on any atom is 0.241 e. The average molecular weight is 325 g/mol. The third kappa shape index (κ3) is 5.83. The smallest absolute Gasteiger partial charge is 0.241 e. The lowest BCUT2D eigenvalue weighted by Crippen LogP contribution is -2.39. The molecule has 5 heteroatoms. The molecule has 0 saturated heterocycles. The molecule has 1 aromatic carbocycles. The van der Waals surface area contributed by atoms with Crippen LogP contribution in [0.5, 0.6) is 0 Å². The zero-order chi connectivity index (χ0) is 17.4. The van der Waals surface area contributed by atoms with Crippen molar-refractivity contribution in [2.75, 3.05) is 20.1 Å². The number of aromatic nitrogens is 1. The van der Waals surface area contributed by atoms with Crippen molar-refractivity contribution < 1.29 is 9.59 Å². The molecule has 0 aliphatic heterocycles. The SMILES string of the molecule is Cc1cccc(CC(=O)NCC(=O)N(C)CCc2ccncc2)c1. The highest BCUT2D eigenvalue weighted by atomic mass is 16.2. The van der Waals surface area contributed by atoms with Gasteiger partial charge >= 0.3 is 0 Å². The van der Waals surface area contributed by atoms with E-state index >= 15 is 0 Å². The number of aryl methyl sites for hydroxylation is 1. The molecule has 0 atom stereocenters. The molecule has 0 bridgehead atoms. The standard InChI is InChI=1S/C19H23N3O2/c1-15-4-3-5-17(12-15)13-18(23)21-14-19(24)22(2)11-8-16-6-9-20-10-7-16/h3-7,9-10,12H,8,11,13-14H2,1-2H3,(H,21,23). The van der Waals surface area contributed by atoms with Crippen LogP contribution in [0.15, 0.2) is 48.8 Å². The number of likely N-dealkylation sites (N-methyl/N-ethyl adjacent to an activating group) is 1. The van der Waals surface area contributed by atoms with Crippen LogP contribution < -0.4 is 5.32 Å². The lowest BCUT2D eigenvalue weighted by molar-refractivity contribution is -0.131. The Morgan fingerprint density at radius 2 is 1.88 bits per heavy atom. The second kappa shape index (κ2) is 8.82. The molecule has 24 heavy (non-hydrogen) atoms. The van der Waals surface area contributed by atoms with Crippen molar-refractivity contribution in [3.8, 4) is 0 Å². The number of carbonyl (C=O) groups is 2. The van der Waals surface area contributed by atoms with Crippen molar-refractivity contribution >= 4 is 11.8 Å². The molecule has 0 unspecified atom stereocenters. The van der Waals surface area contributed by atoms with Crippen LogP contribution in [0.2, 0.25) is 0 Å². The van der Waals surface area contributed by atoms with Gasteiger partial charge in [0.2, 0.25) is 11.8 Å². The Bertz CT molecular complexity index is 686. The largest absolute Gasteiger partial charge is 0.347 e. The van der Waals surface area contributed by atoms with Gasteiger partial charge in [-0.25, -0.2) is 0 Å². The topological polar surface area (TPSA) is 62.3 Å². The van der Waals surface area contributed by atoms with Crippen LogP contribution >= 0.6 is 0 Å². The molecular formula is C19H23N3O2. The molecule has 0 spiro atoms. The molecule has 2 rings (SSSR count). The molecule has 1 heterocycles. The van der Waals surface area contributed by atoms with Gasteiger partial charge in [-0.3, -0.25) is 14.6 Å². The second-order valence-electron chi connectivity index (χ2n) is 5.86. The van der Waals surface area contributed by atoms with E-state index in [0.717, 1.165) is 23.1 Å². The van der Waals surface area contributed by atoms with Crippen molar-refractivity contribution in [1.29, 1.82) is 0 Å². The summed E-state index contributed by atoms with van der Waals surface area (Å²) in [7, 11) is 1.75. The molecule has 0 radical (unpaired) electrons. The Balaban J connectivity index is 1.72. The van der Waals surface area contributed by atoms with Gasteiger partial charge in [0.05, 0.1) is 13.0 Å². The van der Waals surface area contributed by atoms with Gasteiger partial charge in [0.25, 0.3) is 0 Å². The molecular weight excluding hydrogens is 302 g/mol. The van der Waals surface area contributed by atoms with Crippen LogP contribution in [0.3, 0.4) is 0 Å². The minimum Gasteiger partial charge on any atom is -0.347 e. The van der Waals surface area contributed by atoms with Gasteiger partial charge in [-0.15, -0.1) is 0 Å². The van der Waals surface area contributed by atoms with Gasteiger partial charge in [-0.05, 0) is 36.6 Å². The van der Waals surface area contributed by atoms with Crippen LogP contribution in [-0.4, -0.2) is 41.8 Å². The van der Waals surface area contributed by atoms with Crippen molar-refractivity contribution in [3.63, 3.8) is 0 Å². The molecule has 0 saturated carbocycles. The predicted molar refractivity (Wildman–Crippen MR) is 93.5 cm³/mol. The second-order valence-corrected chi connectivity index (χ2v) is 5.86. The van der Waals surface area contributed by atoms with E-state index in [-0.39, 0.29) is 24.8 Å². The van der Waals surface area contributed by atoms with E-state index < -0.39 is 0 Å². The highest BCUT2D eigenvalue weighted by Crippen LogP contribution is 2.04. The molecule has 1 N–H and O–H groups in total. The maximum absolute atomic E-state index is 12.1. The number of carbonyl (C=O) groups excluding carboxylic acids is 2. The number of hydrogen-bond acceptors (Lipinski definition) is 3. The van der Waals surface area contributed by atoms with Gasteiger partial charge in [-0.1, -0.05) is 29.8 Å². The first-order chi connectivity index (χ1) is 11.5. The van der Waals surface area contributed by atoms with Crippen molar-refractivity contribution in [1.82, 2.24) is 15.2 Å². The van der Waals surface area contributed by atoms with E-state index in [1.807, 2.05) is 43.3 Å². The number of hydrogen-bond donors (Lipinski definition) is 1. The van der Waals surface area contributed by atoms with Crippen LogP contribution in [0.1, 0.15) is 16.7 Å². The molecule has 2 aromatic rings. The summed E-state index contributed by atoms with van der Waals surface area (Å²) in [5, 5.41) is 2.69. The fourth-order valence-corrected chi connectivity index (χ4v) is 2.35. The predicted octanol–water partition coefficient (Wildman–Crippen LogP) is 1.75. The van der Waals surface area contributed by atoms with E-state index in [1.54, 1.807) is 24.3 Å². The Kier molecular flexibility index (Phi) is 6.49. The Labute approximate surface area is 142 Å². The minimum atomic E-state index is -0.142. The van der Waals surface area contributed by atoms with Crippen molar-refractivity contribution in [3.05, 3.63) is 65.5 Å². The van der Waals surface area contributed by atoms with E-state index in [1.165, 1.54) is 0 Å². The molecule has 0 aliphatic rings. The van der Waals surface area contributed by atoms with Crippen LogP contribution in [0, 0.1) is 6.92 Å². The van der Waals surface area contributed by atoms with Gasteiger partial charge in [0.15, 0.2) is 0 Å². The number of rotatable bonds is 7. The summed E-state index contributed by atoms with van der Waals surface area (Å²) in [4.78, 5) is 29.6. The lowest BCUT2D eigenvalue weighted by Gasteiger charge is -2.17. The lowest BCUT2D eigenvalue weighted by atomic mass is 10.1. The van der Waals surface area contributed by atoms with Crippen LogP contribution in [0.25, 0.3) is 0 Å². The highest BCUT2D eigenvalue weighted by Gasteiger charge is 2.11. The Morgan fingerprint density at radius 1 is 1.12 bits per heavy atom. The first-order valence-electron chi connectivity index (χ1n) is 7.99. The van der Waals surface area contributed by atoms with Crippen molar-refractivity contribution in [2.45, 2.75) is 19.8 Å². The number of pyridine rings is 1. The third-order valence-corrected chi connectivity index (χ3v) is 3.79. The summed E-state index contributed by atoms with van der Waals surface area (Å²) < 4.78 is 0. The summed E-state index contributed by atoms with van der Waals surface area (Å²) in [5.41, 5.74) is 3.20. The molecule has 0 aliphatic carbocycles. The van der Waals surface area contributed by atoms with Crippen LogP contribution in [0.4, 0.5) is 0 Å². The number of benzene rings is 1. The van der Waals surface area contributed by atoms with E-state index in [4.69, 9.17) is 0 Å². The zero-order valence-electron chi connectivity index (χ0n) is 14.2. The molecule has 2 amide bonds. The zero-order valence-corrected chi connectivity index (χ0v) is 14.2. The highest BCUT2D eigenvalue weighted by molar-refractivity contribution is 5.85. The average Bonchev–Trinajstić information content (AvgIpc) is 2.58. The summed E-state index contributed by atoms with van der Waals surface area (Å²) in [6, 6.07) is 11.7. The number of nitrogens with one attached hydrogen (secondary N) is 1. The van der Waals surface area contributed by atoms with Gasteiger partial charge in [0, 0.05) is 26.0 Å². The molecule has 0 fully saturated rings. The van der Waals surface area contributed by atoms with E-state index in [2.05, 4.69) is 10.3 Å². The monoisotopic (exact) mass is 325 g/mol. The Morgan fingerprint density at radius 3 is 2.58 bits per heavy atom. The Hall–Kier alpha value is -2.69. The number of nitrogens with zero attached hydrogens (tertiary/aromatic N) is 2. The van der Waals surface area contributed by atoms with Gasteiger partial charge < -0.3 is 10.2 Å². The normalized spacial score (nSPS) is 10.2. The molecule has 1 aromatic heterocycles. The van der Waals surface area contributed by atoms with Crippen molar-refractivity contribution in [2.24, 2.45) is 0 Å².